The van der Waals surface area contributed by atoms with Gasteiger partial charge in [-0.05, 0) is 32.6 Å². The summed E-state index contributed by atoms with van der Waals surface area (Å²) in [7, 11) is 0. The summed E-state index contributed by atoms with van der Waals surface area (Å²) in [6.07, 6.45) is 6.11. The first-order valence-electron chi connectivity index (χ1n) is 8.31. The topological polar surface area (TPSA) is 127 Å². The van der Waals surface area contributed by atoms with Crippen LogP contribution in [0.4, 0.5) is 0 Å². The highest BCUT2D eigenvalue weighted by Gasteiger charge is 2.35. The van der Waals surface area contributed by atoms with Crippen molar-refractivity contribution in [1.29, 1.82) is 0 Å². The molecule has 2 atom stereocenters. The Morgan fingerprint density at radius 2 is 1.39 bits per heavy atom. The van der Waals surface area contributed by atoms with Crippen LogP contribution in [0.1, 0.15) is 72.1 Å². The summed E-state index contributed by atoms with van der Waals surface area (Å²) < 4.78 is 0. The van der Waals surface area contributed by atoms with Gasteiger partial charge in [-0.15, -0.1) is 0 Å². The molecule has 0 aliphatic rings. The number of nitrogens with two attached hydrogens (primary N) is 2. The maximum absolute atomic E-state index is 11.4. The van der Waals surface area contributed by atoms with Crippen LogP contribution in [0.3, 0.4) is 0 Å². The summed E-state index contributed by atoms with van der Waals surface area (Å²) in [5.74, 6) is -2.06. The van der Waals surface area contributed by atoms with Gasteiger partial charge in [-0.2, -0.15) is 0 Å². The molecule has 0 saturated carbocycles. The van der Waals surface area contributed by atoms with Gasteiger partial charge >= 0.3 is 11.9 Å². The van der Waals surface area contributed by atoms with Crippen molar-refractivity contribution in [3.8, 4) is 0 Å². The number of carbonyl (C=O) groups is 2. The van der Waals surface area contributed by atoms with Gasteiger partial charge < -0.3 is 21.7 Å². The number of unbranched alkanes of at least 4 members (excludes halogenated alkanes) is 2. The zero-order valence-electron chi connectivity index (χ0n) is 14.6. The third-order valence-electron chi connectivity index (χ3n) is 4.21. The first-order valence-corrected chi connectivity index (χ1v) is 8.31. The molecule has 0 rings (SSSR count). The molecule has 0 bridgehead atoms. The Balaban J connectivity index is 4.97. The highest BCUT2D eigenvalue weighted by Crippen LogP contribution is 2.24. The van der Waals surface area contributed by atoms with E-state index in [1.165, 1.54) is 0 Å². The maximum atomic E-state index is 11.4. The van der Waals surface area contributed by atoms with Crippen LogP contribution in [0, 0.1) is 0 Å². The molecule has 0 saturated heterocycles. The van der Waals surface area contributed by atoms with E-state index in [4.69, 9.17) is 11.5 Å². The SMILES string of the molecule is CCCCC(N)(CC=C(C)CC(N)(CCCC)C(=O)O)C(=O)O. The lowest BCUT2D eigenvalue weighted by Crippen LogP contribution is -2.48. The van der Waals surface area contributed by atoms with Crippen LogP contribution >= 0.6 is 0 Å². The maximum Gasteiger partial charge on any atom is 0.324 e. The Morgan fingerprint density at radius 1 is 0.957 bits per heavy atom. The minimum absolute atomic E-state index is 0.178. The van der Waals surface area contributed by atoms with E-state index in [9.17, 15) is 19.8 Å². The monoisotopic (exact) mass is 328 g/mol. The lowest BCUT2D eigenvalue weighted by Gasteiger charge is -2.26. The molecule has 0 aromatic heterocycles. The van der Waals surface area contributed by atoms with Gasteiger partial charge in [0.15, 0.2) is 0 Å². The van der Waals surface area contributed by atoms with E-state index in [0.29, 0.717) is 12.8 Å². The first kappa shape index (κ1) is 21.6. The molecule has 0 aliphatic heterocycles. The smallest absolute Gasteiger partial charge is 0.324 e. The highest BCUT2D eigenvalue weighted by atomic mass is 16.4. The van der Waals surface area contributed by atoms with Crippen LogP contribution in [-0.4, -0.2) is 33.2 Å². The molecule has 23 heavy (non-hydrogen) atoms. The summed E-state index contributed by atoms with van der Waals surface area (Å²) in [6, 6.07) is 0. The lowest BCUT2D eigenvalue weighted by atomic mass is 9.85. The second kappa shape index (κ2) is 9.67. The van der Waals surface area contributed by atoms with E-state index in [1.54, 1.807) is 13.0 Å². The molecular weight excluding hydrogens is 296 g/mol. The quantitative estimate of drug-likeness (QED) is 0.408. The Morgan fingerprint density at radius 3 is 1.78 bits per heavy atom. The van der Waals surface area contributed by atoms with Crippen LogP contribution in [-0.2, 0) is 9.59 Å². The highest BCUT2D eigenvalue weighted by molar-refractivity contribution is 5.79. The van der Waals surface area contributed by atoms with E-state index >= 15 is 0 Å². The van der Waals surface area contributed by atoms with Crippen molar-refractivity contribution in [2.75, 3.05) is 0 Å². The Bertz CT molecular complexity index is 436. The van der Waals surface area contributed by atoms with Crippen LogP contribution in [0.15, 0.2) is 11.6 Å². The molecule has 0 aromatic carbocycles. The normalized spacial score (nSPS) is 17.3. The number of carboxylic acid groups (broad SMARTS) is 2. The number of carboxylic acids is 2. The second-order valence-electron chi connectivity index (χ2n) is 6.56. The number of rotatable bonds is 12. The summed E-state index contributed by atoms with van der Waals surface area (Å²) in [4.78, 5) is 22.8. The first-order chi connectivity index (χ1) is 10.6. The predicted octanol–water partition coefficient (Wildman–Crippen LogP) is 2.66. The molecule has 0 radical (unpaired) electrons. The Kier molecular flexibility index (Phi) is 9.09. The number of hydrogen-bond acceptors (Lipinski definition) is 4. The standard InChI is InChI=1S/C17H32N2O4/c1-4-6-9-16(18,14(20)21)11-8-13(3)12-17(19,15(22)23)10-7-5-2/h8H,4-7,9-12,18-19H2,1-3H3,(H,20,21)(H,22,23). The van der Waals surface area contributed by atoms with E-state index in [0.717, 1.165) is 31.3 Å². The number of aliphatic carboxylic acids is 2. The van der Waals surface area contributed by atoms with Gasteiger partial charge in [0.2, 0.25) is 0 Å². The fourth-order valence-electron chi connectivity index (χ4n) is 2.48. The van der Waals surface area contributed by atoms with Crippen LogP contribution in [0.5, 0.6) is 0 Å². The molecule has 0 amide bonds. The number of hydrogen-bond donors (Lipinski definition) is 4. The summed E-state index contributed by atoms with van der Waals surface area (Å²) in [5.41, 5.74) is 10.2. The third kappa shape index (κ3) is 7.14. The van der Waals surface area contributed by atoms with Crippen LogP contribution in [0.2, 0.25) is 0 Å². The van der Waals surface area contributed by atoms with Crippen LogP contribution < -0.4 is 11.5 Å². The molecule has 0 fully saturated rings. The largest absolute Gasteiger partial charge is 0.480 e. The van der Waals surface area contributed by atoms with Gasteiger partial charge in [-0.3, -0.25) is 9.59 Å². The molecule has 134 valence electrons. The molecule has 0 heterocycles. The van der Waals surface area contributed by atoms with Gasteiger partial charge in [0.25, 0.3) is 0 Å². The average molecular weight is 328 g/mol. The van der Waals surface area contributed by atoms with Gasteiger partial charge in [0, 0.05) is 0 Å². The van der Waals surface area contributed by atoms with Gasteiger partial charge in [0.1, 0.15) is 11.1 Å². The molecule has 2 unspecified atom stereocenters. The fourth-order valence-corrected chi connectivity index (χ4v) is 2.48. The van der Waals surface area contributed by atoms with Gasteiger partial charge in [0.05, 0.1) is 0 Å². The van der Waals surface area contributed by atoms with Crippen molar-refractivity contribution in [1.82, 2.24) is 0 Å². The van der Waals surface area contributed by atoms with Crippen LogP contribution in [0.25, 0.3) is 0 Å². The van der Waals surface area contributed by atoms with Crippen molar-refractivity contribution < 1.29 is 19.8 Å². The van der Waals surface area contributed by atoms with Gasteiger partial charge in [-0.25, -0.2) is 0 Å². The van der Waals surface area contributed by atoms with E-state index in [-0.39, 0.29) is 12.8 Å². The lowest BCUT2D eigenvalue weighted by molar-refractivity contribution is -0.144. The van der Waals surface area contributed by atoms with Crippen molar-refractivity contribution >= 4 is 11.9 Å². The van der Waals surface area contributed by atoms with Crippen molar-refractivity contribution in [2.24, 2.45) is 11.5 Å². The minimum Gasteiger partial charge on any atom is -0.480 e. The third-order valence-corrected chi connectivity index (χ3v) is 4.21. The average Bonchev–Trinajstić information content (AvgIpc) is 2.48. The molecule has 6 N–H and O–H groups in total. The minimum atomic E-state index is -1.31. The van der Waals surface area contributed by atoms with Crippen molar-refractivity contribution in [3.63, 3.8) is 0 Å². The van der Waals surface area contributed by atoms with Gasteiger partial charge in [-0.1, -0.05) is 51.2 Å². The Hall–Kier alpha value is -1.40. The summed E-state index contributed by atoms with van der Waals surface area (Å²) >= 11 is 0. The molecule has 6 heteroatoms. The molecular formula is C17H32N2O4. The predicted molar refractivity (Wildman–Crippen MR) is 91.1 cm³/mol. The van der Waals surface area contributed by atoms with Crippen molar-refractivity contribution in [3.05, 3.63) is 11.6 Å². The molecule has 0 aromatic rings. The summed E-state index contributed by atoms with van der Waals surface area (Å²) in [5, 5.41) is 18.7. The van der Waals surface area contributed by atoms with E-state index in [2.05, 4.69) is 0 Å². The van der Waals surface area contributed by atoms with E-state index in [1.807, 2.05) is 13.8 Å². The van der Waals surface area contributed by atoms with Crippen molar-refractivity contribution in [2.45, 2.75) is 83.2 Å². The fraction of sp³-hybridized carbons (Fsp3) is 0.765. The molecule has 0 aliphatic carbocycles. The second-order valence-corrected chi connectivity index (χ2v) is 6.56. The zero-order valence-corrected chi connectivity index (χ0v) is 14.6. The molecule has 0 spiro atoms. The molecule has 6 nitrogen and oxygen atoms in total. The zero-order chi connectivity index (χ0) is 18.1. The van der Waals surface area contributed by atoms with E-state index < -0.39 is 23.0 Å². The Labute approximate surface area is 138 Å². The summed E-state index contributed by atoms with van der Waals surface area (Å²) in [6.45, 7) is 5.74.